The number of fused-ring (bicyclic) bond motifs is 1. The molecule has 0 saturated heterocycles. The highest BCUT2D eigenvalue weighted by atomic mass is 32.2. The molecule has 0 spiro atoms. The van der Waals surface area contributed by atoms with Gasteiger partial charge in [0, 0.05) is 6.20 Å². The van der Waals surface area contributed by atoms with E-state index in [1.165, 1.54) is 11.8 Å². The standard InChI is InChI=1S/C26H28N2O5S/c1-4-30-22-17-19(11-12-21(22)33-15-14-32-20-9-7-6-8-10-20)24-23(25(29)31-5-2)18(3)27-26-28(24)13-16-34-26/h6-13,16-17,24H,4-5,14-15H2,1-3H3/t24-/m0/s1. The SMILES string of the molecule is CCOC(=O)C1=C(C)N=C2SC=CN2[C@H]1c1ccc(OCCOc2ccccc2)c(OCC)c1. The van der Waals surface area contributed by atoms with E-state index in [9.17, 15) is 4.79 Å². The summed E-state index contributed by atoms with van der Waals surface area (Å²) >= 11 is 1.52. The van der Waals surface area contributed by atoms with Crippen molar-refractivity contribution in [1.82, 2.24) is 4.90 Å². The number of aliphatic imine (C=N–C) groups is 1. The van der Waals surface area contributed by atoms with Gasteiger partial charge in [-0.1, -0.05) is 36.0 Å². The molecule has 7 nitrogen and oxygen atoms in total. The van der Waals surface area contributed by atoms with Crippen molar-refractivity contribution < 1.29 is 23.7 Å². The van der Waals surface area contributed by atoms with Crippen LogP contribution in [0.3, 0.4) is 0 Å². The highest BCUT2D eigenvalue weighted by Crippen LogP contribution is 2.43. The second-order valence-corrected chi connectivity index (χ2v) is 8.35. The number of esters is 1. The van der Waals surface area contributed by atoms with Gasteiger partial charge in [0.1, 0.15) is 19.0 Å². The number of hydrogen-bond donors (Lipinski definition) is 0. The van der Waals surface area contributed by atoms with Crippen LogP contribution in [0.5, 0.6) is 17.2 Å². The molecular formula is C26H28N2O5S. The number of rotatable bonds is 10. The van der Waals surface area contributed by atoms with Gasteiger partial charge in [0.25, 0.3) is 0 Å². The number of allylic oxidation sites excluding steroid dienone is 1. The molecule has 2 aliphatic heterocycles. The molecule has 0 aromatic heterocycles. The fraction of sp³-hybridized carbons (Fsp3) is 0.308. The maximum Gasteiger partial charge on any atom is 0.338 e. The van der Waals surface area contributed by atoms with Crippen LogP contribution in [-0.4, -0.2) is 42.5 Å². The van der Waals surface area contributed by atoms with Gasteiger partial charge in [-0.15, -0.1) is 0 Å². The molecule has 0 amide bonds. The third-order valence-electron chi connectivity index (χ3n) is 5.25. The molecule has 2 aromatic carbocycles. The molecule has 0 fully saturated rings. The predicted molar refractivity (Wildman–Crippen MR) is 133 cm³/mol. The molecule has 1 atom stereocenters. The molecule has 2 aromatic rings. The van der Waals surface area contributed by atoms with Gasteiger partial charge in [-0.2, -0.15) is 0 Å². The van der Waals surface area contributed by atoms with E-state index >= 15 is 0 Å². The van der Waals surface area contributed by atoms with E-state index in [1.54, 1.807) is 6.92 Å². The van der Waals surface area contributed by atoms with E-state index < -0.39 is 0 Å². The lowest BCUT2D eigenvalue weighted by Gasteiger charge is -2.33. The van der Waals surface area contributed by atoms with E-state index in [0.717, 1.165) is 16.5 Å². The van der Waals surface area contributed by atoms with E-state index in [0.29, 0.717) is 49.2 Å². The first-order valence-corrected chi connectivity index (χ1v) is 12.2. The van der Waals surface area contributed by atoms with Crippen LogP contribution in [-0.2, 0) is 9.53 Å². The third-order valence-corrected chi connectivity index (χ3v) is 6.02. The van der Waals surface area contributed by atoms with Crippen LogP contribution in [0.15, 0.2) is 76.4 Å². The molecule has 34 heavy (non-hydrogen) atoms. The van der Waals surface area contributed by atoms with E-state index in [2.05, 4.69) is 4.99 Å². The van der Waals surface area contributed by atoms with E-state index in [-0.39, 0.29) is 12.0 Å². The van der Waals surface area contributed by atoms with Gasteiger partial charge in [-0.05, 0) is 56.0 Å². The summed E-state index contributed by atoms with van der Waals surface area (Å²) in [6.07, 6.45) is 1.94. The molecule has 4 rings (SSSR count). The quantitative estimate of drug-likeness (QED) is 0.337. The molecule has 2 aliphatic rings. The number of carbonyl (C=O) groups is 1. The molecule has 0 bridgehead atoms. The van der Waals surface area contributed by atoms with Crippen LogP contribution in [0.25, 0.3) is 0 Å². The third kappa shape index (κ3) is 5.22. The highest BCUT2D eigenvalue weighted by molar-refractivity contribution is 8.16. The molecule has 8 heteroatoms. The van der Waals surface area contributed by atoms with Gasteiger partial charge in [-0.3, -0.25) is 0 Å². The summed E-state index contributed by atoms with van der Waals surface area (Å²) in [5.74, 6) is 1.66. The van der Waals surface area contributed by atoms with Crippen molar-refractivity contribution in [1.29, 1.82) is 0 Å². The van der Waals surface area contributed by atoms with E-state index in [4.69, 9.17) is 18.9 Å². The average molecular weight is 481 g/mol. The first-order chi connectivity index (χ1) is 16.6. The summed E-state index contributed by atoms with van der Waals surface area (Å²) in [5, 5.41) is 2.79. The van der Waals surface area contributed by atoms with Crippen molar-refractivity contribution in [2.75, 3.05) is 26.4 Å². The first kappa shape index (κ1) is 23.8. The zero-order valence-electron chi connectivity index (χ0n) is 19.5. The Hall–Kier alpha value is -3.39. The highest BCUT2D eigenvalue weighted by Gasteiger charge is 2.37. The lowest BCUT2D eigenvalue weighted by molar-refractivity contribution is -0.139. The Morgan fingerprint density at radius 1 is 1.00 bits per heavy atom. The van der Waals surface area contributed by atoms with Gasteiger partial charge in [0.2, 0.25) is 0 Å². The minimum absolute atomic E-state index is 0.297. The van der Waals surface area contributed by atoms with Crippen LogP contribution in [0, 0.1) is 0 Å². The molecule has 0 unspecified atom stereocenters. The minimum Gasteiger partial charge on any atom is -0.490 e. The smallest absolute Gasteiger partial charge is 0.338 e. The Bertz CT molecular complexity index is 1110. The molecule has 2 heterocycles. The summed E-state index contributed by atoms with van der Waals surface area (Å²) in [5.41, 5.74) is 2.06. The minimum atomic E-state index is -0.368. The van der Waals surface area contributed by atoms with Crippen molar-refractivity contribution in [2.24, 2.45) is 4.99 Å². The molecule has 178 valence electrons. The van der Waals surface area contributed by atoms with Crippen molar-refractivity contribution in [3.63, 3.8) is 0 Å². The number of carbonyl (C=O) groups excluding carboxylic acids is 1. The second-order valence-electron chi connectivity index (χ2n) is 7.48. The number of thioether (sulfide) groups is 1. The number of para-hydroxylation sites is 1. The fourth-order valence-electron chi connectivity index (χ4n) is 3.81. The second kappa shape index (κ2) is 11.2. The fourth-order valence-corrected chi connectivity index (χ4v) is 4.60. The first-order valence-electron chi connectivity index (χ1n) is 11.3. The lowest BCUT2D eigenvalue weighted by atomic mass is 9.94. The van der Waals surface area contributed by atoms with Crippen LogP contribution in [0.1, 0.15) is 32.4 Å². The summed E-state index contributed by atoms with van der Waals surface area (Å²) in [6, 6.07) is 15.0. The van der Waals surface area contributed by atoms with Gasteiger partial charge < -0.3 is 23.8 Å². The van der Waals surface area contributed by atoms with Crippen LogP contribution >= 0.6 is 11.8 Å². The van der Waals surface area contributed by atoms with Crippen LogP contribution in [0.2, 0.25) is 0 Å². The largest absolute Gasteiger partial charge is 0.490 e. The van der Waals surface area contributed by atoms with Crippen molar-refractivity contribution in [3.05, 3.63) is 77.0 Å². The number of ether oxygens (including phenoxy) is 4. The van der Waals surface area contributed by atoms with Gasteiger partial charge in [0.15, 0.2) is 16.7 Å². The van der Waals surface area contributed by atoms with E-state index in [1.807, 2.05) is 78.9 Å². The van der Waals surface area contributed by atoms with Gasteiger partial charge in [0.05, 0.1) is 30.5 Å². The lowest BCUT2D eigenvalue weighted by Crippen LogP contribution is -2.34. The predicted octanol–water partition coefficient (Wildman–Crippen LogP) is 5.31. The summed E-state index contributed by atoms with van der Waals surface area (Å²) in [4.78, 5) is 19.5. The van der Waals surface area contributed by atoms with Crippen molar-refractivity contribution >= 4 is 22.9 Å². The topological polar surface area (TPSA) is 69.6 Å². The Kier molecular flexibility index (Phi) is 7.80. The zero-order valence-corrected chi connectivity index (χ0v) is 20.3. The van der Waals surface area contributed by atoms with Crippen LogP contribution in [0.4, 0.5) is 0 Å². The van der Waals surface area contributed by atoms with Crippen LogP contribution < -0.4 is 14.2 Å². The molecule has 0 saturated carbocycles. The normalized spacial score (nSPS) is 16.7. The van der Waals surface area contributed by atoms with Gasteiger partial charge in [-0.25, -0.2) is 9.79 Å². The Morgan fingerprint density at radius 2 is 1.79 bits per heavy atom. The Balaban J connectivity index is 1.56. The number of amidine groups is 1. The number of benzene rings is 2. The summed E-state index contributed by atoms with van der Waals surface area (Å²) < 4.78 is 22.9. The number of hydrogen-bond acceptors (Lipinski definition) is 8. The Labute approximate surface area is 204 Å². The average Bonchev–Trinajstić information content (AvgIpc) is 3.30. The van der Waals surface area contributed by atoms with Crippen molar-refractivity contribution in [3.8, 4) is 17.2 Å². The van der Waals surface area contributed by atoms with Crippen molar-refractivity contribution in [2.45, 2.75) is 26.8 Å². The zero-order chi connectivity index (χ0) is 23.9. The number of nitrogens with zero attached hydrogens (tertiary/aromatic N) is 2. The monoisotopic (exact) mass is 480 g/mol. The summed E-state index contributed by atoms with van der Waals surface area (Å²) in [6.45, 7) is 7.12. The maximum absolute atomic E-state index is 12.9. The maximum atomic E-state index is 12.9. The molecule has 0 radical (unpaired) electrons. The van der Waals surface area contributed by atoms with Gasteiger partial charge >= 0.3 is 5.97 Å². The Morgan fingerprint density at radius 3 is 2.56 bits per heavy atom. The molecule has 0 aliphatic carbocycles. The molecule has 0 N–H and O–H groups in total. The molecular weight excluding hydrogens is 452 g/mol. The summed E-state index contributed by atoms with van der Waals surface area (Å²) in [7, 11) is 0.